The fraction of sp³-hybridized carbons (Fsp3) is 0.857. The lowest BCUT2D eigenvalue weighted by Crippen LogP contribution is -2.47. The number of hydrogen-bond donors (Lipinski definition) is 0. The lowest BCUT2D eigenvalue weighted by Gasteiger charge is -2.30. The number of likely N-dealkylation sites (tertiary alicyclic amines) is 1. The van der Waals surface area contributed by atoms with Crippen LogP contribution in [0.2, 0.25) is 0 Å². The van der Waals surface area contributed by atoms with Crippen LogP contribution >= 0.6 is 0 Å². The second-order valence-corrected chi connectivity index (χ2v) is 5.04. The number of hydrogen-bond acceptors (Lipinski definition) is 3. The summed E-state index contributed by atoms with van der Waals surface area (Å²) in [7, 11) is 0. The molecule has 0 aliphatic carbocycles. The molecule has 1 unspecified atom stereocenters. The summed E-state index contributed by atoms with van der Waals surface area (Å²) in [6.45, 7) is 6.93. The Balaban J connectivity index is 2.59. The molecule has 4 heteroatoms. The fourth-order valence-electron chi connectivity index (χ4n) is 2.50. The van der Waals surface area contributed by atoms with Crippen molar-refractivity contribution in [1.82, 2.24) is 9.80 Å². The second kappa shape index (κ2) is 8.10. The predicted octanol–water partition coefficient (Wildman–Crippen LogP) is 2.01. The van der Waals surface area contributed by atoms with Crippen LogP contribution in [0.1, 0.15) is 46.0 Å². The number of nitrogens with zero attached hydrogens (tertiary/aromatic N) is 3. The summed E-state index contributed by atoms with van der Waals surface area (Å²) < 4.78 is 0. The molecule has 1 amide bonds. The zero-order valence-corrected chi connectivity index (χ0v) is 11.7. The van der Waals surface area contributed by atoms with Crippen LogP contribution in [0.5, 0.6) is 0 Å². The van der Waals surface area contributed by atoms with Crippen molar-refractivity contribution >= 4 is 5.91 Å². The van der Waals surface area contributed by atoms with E-state index < -0.39 is 0 Å². The van der Waals surface area contributed by atoms with Crippen molar-refractivity contribution < 1.29 is 4.79 Å². The van der Waals surface area contributed by atoms with Crippen LogP contribution in [0.3, 0.4) is 0 Å². The lowest BCUT2D eigenvalue weighted by atomic mass is 10.2. The van der Waals surface area contributed by atoms with Gasteiger partial charge in [-0.05, 0) is 32.7 Å². The molecule has 102 valence electrons. The van der Waals surface area contributed by atoms with Crippen LogP contribution in [-0.4, -0.2) is 47.9 Å². The van der Waals surface area contributed by atoms with E-state index in [2.05, 4.69) is 13.0 Å². The molecule has 18 heavy (non-hydrogen) atoms. The number of nitriles is 1. The third-order valence-electron chi connectivity index (χ3n) is 3.61. The van der Waals surface area contributed by atoms with Crippen molar-refractivity contribution in [3.63, 3.8) is 0 Å². The third-order valence-corrected chi connectivity index (χ3v) is 3.61. The van der Waals surface area contributed by atoms with E-state index in [0.29, 0.717) is 6.54 Å². The van der Waals surface area contributed by atoms with E-state index in [0.717, 1.165) is 38.9 Å². The standard InChI is InChI=1S/C14H25N3O/c1-3-9-16(12-8-15)13(2)14(18)17-10-6-4-5-7-11-17/h13H,3-7,9-12H2,1-2H3. The Morgan fingerprint density at radius 1 is 1.33 bits per heavy atom. The number of rotatable bonds is 5. The maximum Gasteiger partial charge on any atom is 0.239 e. The Hall–Kier alpha value is -1.08. The summed E-state index contributed by atoms with van der Waals surface area (Å²) in [5.74, 6) is 0.195. The van der Waals surface area contributed by atoms with Gasteiger partial charge in [0, 0.05) is 13.1 Å². The summed E-state index contributed by atoms with van der Waals surface area (Å²) in [6, 6.07) is 1.99. The van der Waals surface area contributed by atoms with Crippen LogP contribution in [0.25, 0.3) is 0 Å². The molecule has 0 aromatic carbocycles. The smallest absolute Gasteiger partial charge is 0.239 e. The highest BCUT2D eigenvalue weighted by Gasteiger charge is 2.25. The highest BCUT2D eigenvalue weighted by Crippen LogP contribution is 2.13. The van der Waals surface area contributed by atoms with Gasteiger partial charge in [0.1, 0.15) is 0 Å². The molecule has 0 saturated carbocycles. The molecule has 0 aromatic heterocycles. The Bertz CT molecular complexity index is 290. The van der Waals surface area contributed by atoms with Gasteiger partial charge in [-0.2, -0.15) is 5.26 Å². The molecular formula is C14H25N3O. The largest absolute Gasteiger partial charge is 0.341 e. The van der Waals surface area contributed by atoms with E-state index in [-0.39, 0.29) is 11.9 Å². The lowest BCUT2D eigenvalue weighted by molar-refractivity contribution is -0.136. The van der Waals surface area contributed by atoms with Crippen LogP contribution in [0, 0.1) is 11.3 Å². The average molecular weight is 251 g/mol. The first kappa shape index (κ1) is 15.0. The minimum absolute atomic E-state index is 0.164. The maximum absolute atomic E-state index is 12.4. The molecular weight excluding hydrogens is 226 g/mol. The van der Waals surface area contributed by atoms with E-state index in [9.17, 15) is 4.79 Å². The van der Waals surface area contributed by atoms with E-state index >= 15 is 0 Å². The monoisotopic (exact) mass is 251 g/mol. The van der Waals surface area contributed by atoms with Crippen molar-refractivity contribution in [2.45, 2.75) is 52.0 Å². The van der Waals surface area contributed by atoms with Gasteiger partial charge in [-0.3, -0.25) is 9.69 Å². The molecule has 1 aliphatic rings. The SMILES string of the molecule is CCCN(CC#N)C(C)C(=O)N1CCCCCC1. The second-order valence-electron chi connectivity index (χ2n) is 5.04. The third kappa shape index (κ3) is 4.30. The van der Waals surface area contributed by atoms with Crippen molar-refractivity contribution in [1.29, 1.82) is 5.26 Å². The summed E-state index contributed by atoms with van der Waals surface area (Å²) >= 11 is 0. The number of carbonyl (C=O) groups is 1. The fourth-order valence-corrected chi connectivity index (χ4v) is 2.50. The van der Waals surface area contributed by atoms with E-state index in [1.807, 2.05) is 16.7 Å². The van der Waals surface area contributed by atoms with Gasteiger partial charge in [0.2, 0.25) is 5.91 Å². The van der Waals surface area contributed by atoms with E-state index in [1.54, 1.807) is 0 Å². The Labute approximate surface area is 111 Å². The molecule has 0 aromatic rings. The quantitative estimate of drug-likeness (QED) is 0.702. The predicted molar refractivity (Wildman–Crippen MR) is 72.0 cm³/mol. The molecule has 0 bridgehead atoms. The first-order valence-corrected chi connectivity index (χ1v) is 7.10. The molecule has 1 saturated heterocycles. The van der Waals surface area contributed by atoms with Crippen LogP contribution in [0.4, 0.5) is 0 Å². The summed E-state index contributed by atoms with van der Waals surface area (Å²) in [6.07, 6.45) is 5.67. The van der Waals surface area contributed by atoms with Gasteiger partial charge in [-0.15, -0.1) is 0 Å². The molecule has 1 atom stereocenters. The normalized spacial score (nSPS) is 18.2. The van der Waals surface area contributed by atoms with Crippen LogP contribution in [-0.2, 0) is 4.79 Å². The van der Waals surface area contributed by atoms with Gasteiger partial charge < -0.3 is 4.90 Å². The van der Waals surface area contributed by atoms with Crippen molar-refractivity contribution in [2.75, 3.05) is 26.2 Å². The zero-order chi connectivity index (χ0) is 13.4. The molecule has 1 fully saturated rings. The Morgan fingerprint density at radius 2 is 1.94 bits per heavy atom. The van der Waals surface area contributed by atoms with Gasteiger partial charge >= 0.3 is 0 Å². The van der Waals surface area contributed by atoms with Crippen molar-refractivity contribution in [3.8, 4) is 6.07 Å². The molecule has 0 N–H and O–H groups in total. The van der Waals surface area contributed by atoms with Gasteiger partial charge in [0.25, 0.3) is 0 Å². The molecule has 0 spiro atoms. The Kier molecular flexibility index (Phi) is 6.74. The van der Waals surface area contributed by atoms with Crippen molar-refractivity contribution in [3.05, 3.63) is 0 Å². The average Bonchev–Trinajstić information content (AvgIpc) is 2.65. The van der Waals surface area contributed by atoms with Crippen molar-refractivity contribution in [2.24, 2.45) is 0 Å². The molecule has 4 nitrogen and oxygen atoms in total. The maximum atomic E-state index is 12.4. The zero-order valence-electron chi connectivity index (χ0n) is 11.7. The molecule has 0 radical (unpaired) electrons. The highest BCUT2D eigenvalue weighted by molar-refractivity contribution is 5.81. The molecule has 1 aliphatic heterocycles. The topological polar surface area (TPSA) is 47.3 Å². The first-order valence-electron chi connectivity index (χ1n) is 7.10. The summed E-state index contributed by atoms with van der Waals surface area (Å²) in [4.78, 5) is 16.4. The highest BCUT2D eigenvalue weighted by atomic mass is 16.2. The number of amides is 1. The van der Waals surface area contributed by atoms with Gasteiger partial charge in [-0.1, -0.05) is 19.8 Å². The Morgan fingerprint density at radius 3 is 2.44 bits per heavy atom. The van der Waals surface area contributed by atoms with Crippen LogP contribution < -0.4 is 0 Å². The minimum atomic E-state index is -0.164. The van der Waals surface area contributed by atoms with Gasteiger partial charge in [0.05, 0.1) is 18.7 Å². The van der Waals surface area contributed by atoms with Gasteiger partial charge in [0.15, 0.2) is 0 Å². The van der Waals surface area contributed by atoms with Crippen LogP contribution in [0.15, 0.2) is 0 Å². The molecule has 1 heterocycles. The van der Waals surface area contributed by atoms with E-state index in [4.69, 9.17) is 5.26 Å². The molecule has 1 rings (SSSR count). The summed E-state index contributed by atoms with van der Waals surface area (Å²) in [5, 5.41) is 8.83. The minimum Gasteiger partial charge on any atom is -0.341 e. The number of carbonyl (C=O) groups excluding carboxylic acids is 1. The first-order chi connectivity index (χ1) is 8.70. The summed E-state index contributed by atoms with van der Waals surface area (Å²) in [5.41, 5.74) is 0. The van der Waals surface area contributed by atoms with Gasteiger partial charge in [-0.25, -0.2) is 0 Å². The van der Waals surface area contributed by atoms with E-state index in [1.165, 1.54) is 12.8 Å².